The van der Waals surface area contributed by atoms with Crippen LogP contribution in [0.4, 0.5) is 0 Å². The molecule has 0 saturated carbocycles. The molecule has 4 nitrogen and oxygen atoms in total. The summed E-state index contributed by atoms with van der Waals surface area (Å²) >= 11 is 3.44. The summed E-state index contributed by atoms with van der Waals surface area (Å²) in [5.41, 5.74) is 0.0674. The number of rotatable bonds is 4. The number of nitrogens with zero attached hydrogens (tertiary/aromatic N) is 2. The second-order valence-electron chi connectivity index (χ2n) is 4.18. The number of halogens is 1. The molecule has 2 rings (SSSR count). The highest BCUT2D eigenvalue weighted by atomic mass is 79.9. The molecule has 0 radical (unpaired) electrons. The first-order valence-corrected chi connectivity index (χ1v) is 6.97. The quantitative estimate of drug-likeness (QED) is 0.777. The first-order chi connectivity index (χ1) is 8.29. The van der Waals surface area contributed by atoms with Gasteiger partial charge in [0, 0.05) is 43.8 Å². The van der Waals surface area contributed by atoms with Crippen LogP contribution in [-0.4, -0.2) is 47.1 Å². The van der Waals surface area contributed by atoms with E-state index in [2.05, 4.69) is 20.8 Å². The van der Waals surface area contributed by atoms with Gasteiger partial charge in [-0.1, -0.05) is 22.0 Å². The number of hydrogen-bond acceptors (Lipinski definition) is 3. The first-order valence-electron chi connectivity index (χ1n) is 5.85. The third-order valence-electron chi connectivity index (χ3n) is 2.95. The fourth-order valence-corrected chi connectivity index (χ4v) is 2.36. The van der Waals surface area contributed by atoms with Crippen LogP contribution in [0.25, 0.3) is 0 Å². The van der Waals surface area contributed by atoms with Crippen LogP contribution in [0.2, 0.25) is 0 Å². The van der Waals surface area contributed by atoms with E-state index in [1.807, 2.05) is 12.3 Å². The lowest BCUT2D eigenvalue weighted by atomic mass is 10.3. The summed E-state index contributed by atoms with van der Waals surface area (Å²) in [5.74, 6) is 0. The van der Waals surface area contributed by atoms with Crippen molar-refractivity contribution in [3.05, 3.63) is 34.7 Å². The number of ether oxygens (including phenoxy) is 1. The van der Waals surface area contributed by atoms with Gasteiger partial charge in [-0.3, -0.25) is 9.69 Å². The first kappa shape index (κ1) is 12.8. The summed E-state index contributed by atoms with van der Waals surface area (Å²) < 4.78 is 7.32. The molecule has 1 aliphatic rings. The Kier molecular flexibility index (Phi) is 4.76. The van der Waals surface area contributed by atoms with Crippen molar-refractivity contribution in [2.75, 3.05) is 31.6 Å². The van der Waals surface area contributed by atoms with Crippen LogP contribution in [-0.2, 0) is 11.3 Å². The minimum Gasteiger partial charge on any atom is -0.375 e. The number of aromatic nitrogens is 1. The molecular weight excluding hydrogens is 284 g/mol. The van der Waals surface area contributed by atoms with E-state index in [4.69, 9.17) is 4.74 Å². The Bertz CT molecular complexity index is 407. The number of pyridine rings is 1. The van der Waals surface area contributed by atoms with E-state index in [0.29, 0.717) is 0 Å². The Labute approximate surface area is 109 Å². The SMILES string of the molecule is O=c1ccccn1CCN1CCOC(CBr)C1. The van der Waals surface area contributed by atoms with Crippen molar-refractivity contribution in [2.24, 2.45) is 0 Å². The van der Waals surface area contributed by atoms with Gasteiger partial charge in [-0.05, 0) is 6.07 Å². The van der Waals surface area contributed by atoms with Crippen molar-refractivity contribution < 1.29 is 4.74 Å². The topological polar surface area (TPSA) is 34.5 Å². The van der Waals surface area contributed by atoms with Crippen molar-refractivity contribution in [2.45, 2.75) is 12.6 Å². The molecule has 0 aliphatic carbocycles. The normalized spacial score (nSPS) is 21.6. The molecule has 5 heteroatoms. The van der Waals surface area contributed by atoms with E-state index in [1.165, 1.54) is 0 Å². The predicted octanol–water partition coefficient (Wildman–Crippen LogP) is 0.944. The molecule has 94 valence electrons. The van der Waals surface area contributed by atoms with Crippen molar-refractivity contribution in [1.29, 1.82) is 0 Å². The third-order valence-corrected chi connectivity index (χ3v) is 3.67. The Morgan fingerprint density at radius 3 is 3.06 bits per heavy atom. The lowest BCUT2D eigenvalue weighted by molar-refractivity contribution is -0.0161. The Balaban J connectivity index is 1.86. The molecular formula is C12H17BrN2O2. The average molecular weight is 301 g/mol. The van der Waals surface area contributed by atoms with Crippen LogP contribution in [0.5, 0.6) is 0 Å². The summed E-state index contributed by atoms with van der Waals surface area (Å²) in [6, 6.07) is 5.26. The fourth-order valence-electron chi connectivity index (χ4n) is 1.97. The fraction of sp³-hybridized carbons (Fsp3) is 0.583. The highest BCUT2D eigenvalue weighted by molar-refractivity contribution is 9.09. The highest BCUT2D eigenvalue weighted by Crippen LogP contribution is 2.07. The van der Waals surface area contributed by atoms with E-state index in [-0.39, 0.29) is 11.7 Å². The second kappa shape index (κ2) is 6.33. The van der Waals surface area contributed by atoms with Gasteiger partial charge in [0.1, 0.15) is 0 Å². The zero-order valence-electron chi connectivity index (χ0n) is 9.72. The molecule has 0 aromatic carbocycles. The van der Waals surface area contributed by atoms with Crippen LogP contribution < -0.4 is 5.56 Å². The molecule has 0 N–H and O–H groups in total. The van der Waals surface area contributed by atoms with Crippen molar-refractivity contribution >= 4 is 15.9 Å². The summed E-state index contributed by atoms with van der Waals surface area (Å²) in [5, 5.41) is 0.870. The van der Waals surface area contributed by atoms with Crippen LogP contribution in [0.1, 0.15) is 0 Å². The number of morpholine rings is 1. The van der Waals surface area contributed by atoms with Gasteiger partial charge in [-0.25, -0.2) is 0 Å². The Hall–Kier alpha value is -0.650. The average Bonchev–Trinajstić information content (AvgIpc) is 2.38. The maximum absolute atomic E-state index is 11.5. The van der Waals surface area contributed by atoms with Gasteiger partial charge in [-0.15, -0.1) is 0 Å². The maximum atomic E-state index is 11.5. The van der Waals surface area contributed by atoms with E-state index < -0.39 is 0 Å². The van der Waals surface area contributed by atoms with Gasteiger partial charge in [0.15, 0.2) is 0 Å². The zero-order valence-corrected chi connectivity index (χ0v) is 11.3. The van der Waals surface area contributed by atoms with Crippen LogP contribution in [0.3, 0.4) is 0 Å². The van der Waals surface area contributed by atoms with Crippen LogP contribution >= 0.6 is 15.9 Å². The van der Waals surface area contributed by atoms with Gasteiger partial charge in [0.25, 0.3) is 5.56 Å². The lowest BCUT2D eigenvalue weighted by Gasteiger charge is -2.32. The van der Waals surface area contributed by atoms with E-state index in [9.17, 15) is 4.79 Å². The molecule has 1 aromatic rings. The van der Waals surface area contributed by atoms with Crippen molar-refractivity contribution in [3.63, 3.8) is 0 Å². The zero-order chi connectivity index (χ0) is 12.1. The molecule has 0 spiro atoms. The molecule has 2 heterocycles. The number of alkyl halides is 1. The number of hydrogen-bond donors (Lipinski definition) is 0. The lowest BCUT2D eigenvalue weighted by Crippen LogP contribution is -2.44. The predicted molar refractivity (Wildman–Crippen MR) is 70.7 cm³/mol. The van der Waals surface area contributed by atoms with E-state index >= 15 is 0 Å². The van der Waals surface area contributed by atoms with Gasteiger partial charge < -0.3 is 9.30 Å². The molecule has 0 amide bonds. The summed E-state index contributed by atoms with van der Waals surface area (Å²) in [7, 11) is 0. The van der Waals surface area contributed by atoms with Crippen molar-refractivity contribution in [1.82, 2.24) is 9.47 Å². The molecule has 1 aromatic heterocycles. The van der Waals surface area contributed by atoms with Crippen molar-refractivity contribution in [3.8, 4) is 0 Å². The minimum absolute atomic E-state index is 0.0674. The maximum Gasteiger partial charge on any atom is 0.250 e. The second-order valence-corrected chi connectivity index (χ2v) is 4.83. The monoisotopic (exact) mass is 300 g/mol. The summed E-state index contributed by atoms with van der Waals surface area (Å²) in [4.78, 5) is 13.9. The van der Waals surface area contributed by atoms with Crippen LogP contribution in [0, 0.1) is 0 Å². The van der Waals surface area contributed by atoms with Gasteiger partial charge >= 0.3 is 0 Å². The minimum atomic E-state index is 0.0674. The molecule has 17 heavy (non-hydrogen) atoms. The Morgan fingerprint density at radius 2 is 2.29 bits per heavy atom. The van der Waals surface area contributed by atoms with Gasteiger partial charge in [0.2, 0.25) is 0 Å². The molecule has 1 aliphatic heterocycles. The molecule has 1 atom stereocenters. The molecule has 1 unspecified atom stereocenters. The van der Waals surface area contributed by atoms with Crippen LogP contribution in [0.15, 0.2) is 29.2 Å². The largest absolute Gasteiger partial charge is 0.375 e. The standard InChI is InChI=1S/C12H17BrN2O2/c13-9-11-10-14(7-8-17-11)5-6-15-4-2-1-3-12(15)16/h1-4,11H,5-10H2. The Morgan fingerprint density at radius 1 is 1.41 bits per heavy atom. The summed E-state index contributed by atoms with van der Waals surface area (Å²) in [6.45, 7) is 4.31. The molecule has 0 bridgehead atoms. The smallest absolute Gasteiger partial charge is 0.250 e. The van der Waals surface area contributed by atoms with E-state index in [0.717, 1.165) is 38.1 Å². The highest BCUT2D eigenvalue weighted by Gasteiger charge is 2.18. The van der Waals surface area contributed by atoms with Gasteiger partial charge in [0.05, 0.1) is 12.7 Å². The van der Waals surface area contributed by atoms with E-state index in [1.54, 1.807) is 16.7 Å². The van der Waals surface area contributed by atoms with Gasteiger partial charge in [-0.2, -0.15) is 0 Å². The molecule has 1 fully saturated rings. The molecule has 1 saturated heterocycles. The summed E-state index contributed by atoms with van der Waals surface area (Å²) in [6.07, 6.45) is 2.11. The third kappa shape index (κ3) is 3.66.